The number of unbranched alkanes of at least 4 members (excludes halogenated alkanes) is 2. The molecular formula is C37H50N6O5. The minimum atomic E-state index is -0.587. The first-order chi connectivity index (χ1) is 22.9. The van der Waals surface area contributed by atoms with E-state index in [1.165, 1.54) is 0 Å². The number of pyridine rings is 1. The number of nitrogens with zero attached hydrogens (tertiary/aromatic N) is 4. The van der Waals surface area contributed by atoms with Crippen LogP contribution in [0.3, 0.4) is 0 Å². The molecule has 4 amide bonds. The molecular weight excluding hydrogens is 608 g/mol. The van der Waals surface area contributed by atoms with Gasteiger partial charge >= 0.3 is 0 Å². The molecule has 0 spiro atoms. The number of benzene rings is 1. The van der Waals surface area contributed by atoms with E-state index in [4.69, 9.17) is 4.74 Å². The van der Waals surface area contributed by atoms with Gasteiger partial charge in [0.2, 0.25) is 11.8 Å². The minimum Gasteiger partial charge on any atom is -0.494 e. The number of piperidine rings is 1. The number of aromatic nitrogens is 1. The Kier molecular flexibility index (Phi) is 9.79. The molecule has 6 rings (SSSR count). The molecule has 2 saturated heterocycles. The summed E-state index contributed by atoms with van der Waals surface area (Å²) in [5, 5.41) is 5.60. The number of amides is 4. The van der Waals surface area contributed by atoms with Gasteiger partial charge in [-0.25, -0.2) is 4.98 Å². The molecule has 11 heteroatoms. The van der Waals surface area contributed by atoms with Gasteiger partial charge < -0.3 is 19.9 Å². The van der Waals surface area contributed by atoms with Crippen LogP contribution in [-0.4, -0.2) is 96.4 Å². The van der Waals surface area contributed by atoms with E-state index in [0.717, 1.165) is 75.5 Å². The Morgan fingerprint density at radius 3 is 2.42 bits per heavy atom. The van der Waals surface area contributed by atoms with E-state index in [2.05, 4.69) is 53.1 Å². The van der Waals surface area contributed by atoms with Crippen molar-refractivity contribution in [1.82, 2.24) is 25.4 Å². The third-order valence-corrected chi connectivity index (χ3v) is 10.6. The Morgan fingerprint density at radius 1 is 0.958 bits per heavy atom. The van der Waals surface area contributed by atoms with Gasteiger partial charge in [-0.1, -0.05) is 27.7 Å². The highest BCUT2D eigenvalue weighted by Gasteiger charge is 2.53. The molecule has 2 N–H and O–H groups in total. The third-order valence-electron chi connectivity index (χ3n) is 10.6. The van der Waals surface area contributed by atoms with Crippen LogP contribution in [-0.2, 0) is 16.0 Å². The molecule has 0 bridgehead atoms. The summed E-state index contributed by atoms with van der Waals surface area (Å²) in [6.07, 6.45) is 7.22. The second-order valence-corrected chi connectivity index (χ2v) is 15.2. The largest absolute Gasteiger partial charge is 0.494 e. The van der Waals surface area contributed by atoms with Crippen LogP contribution < -0.4 is 20.3 Å². The topological polar surface area (TPSA) is 124 Å². The van der Waals surface area contributed by atoms with E-state index >= 15 is 0 Å². The highest BCUT2D eigenvalue weighted by atomic mass is 16.5. The summed E-state index contributed by atoms with van der Waals surface area (Å²) >= 11 is 0. The van der Waals surface area contributed by atoms with Crippen molar-refractivity contribution in [2.24, 2.45) is 10.8 Å². The monoisotopic (exact) mass is 658 g/mol. The zero-order valence-electron chi connectivity index (χ0n) is 28.8. The first-order valence-electron chi connectivity index (χ1n) is 17.6. The lowest BCUT2D eigenvalue weighted by molar-refractivity contribution is -0.136. The lowest BCUT2D eigenvalue weighted by atomic mass is 9.52. The zero-order chi connectivity index (χ0) is 34.1. The fourth-order valence-corrected chi connectivity index (χ4v) is 8.47. The normalized spacial score (nSPS) is 22.5. The minimum absolute atomic E-state index is 0.0469. The predicted molar refractivity (Wildman–Crippen MR) is 183 cm³/mol. The Morgan fingerprint density at radius 2 is 1.73 bits per heavy atom. The summed E-state index contributed by atoms with van der Waals surface area (Å²) < 4.78 is 6.02. The van der Waals surface area contributed by atoms with Crippen molar-refractivity contribution >= 4 is 29.4 Å². The lowest BCUT2D eigenvalue weighted by Crippen LogP contribution is -2.63. The average Bonchev–Trinajstić information content (AvgIpc) is 3.05. The molecule has 1 aromatic heterocycles. The number of fused-ring (bicyclic) bond motifs is 1. The molecule has 3 aliphatic heterocycles. The van der Waals surface area contributed by atoms with Crippen LogP contribution in [0.5, 0.6) is 5.75 Å². The van der Waals surface area contributed by atoms with Crippen molar-refractivity contribution in [1.29, 1.82) is 0 Å². The SMILES string of the molecule is CC1(C)CC(C)(C)C1NC(=O)c1ccc(N2CCN(CCCCCOc3ccc4c(c3)CCN(C3CCC(=O)NC3=O)C4=O)CC2)nc1. The Hall–Kier alpha value is -3.99. The number of nitrogens with one attached hydrogen (secondary N) is 2. The van der Waals surface area contributed by atoms with Crippen LogP contribution in [0.25, 0.3) is 0 Å². The number of piperazine rings is 1. The molecule has 48 heavy (non-hydrogen) atoms. The molecule has 4 heterocycles. The van der Waals surface area contributed by atoms with Gasteiger partial charge in [-0.3, -0.25) is 29.4 Å². The van der Waals surface area contributed by atoms with Crippen molar-refractivity contribution < 1.29 is 23.9 Å². The maximum atomic E-state index is 13.1. The summed E-state index contributed by atoms with van der Waals surface area (Å²) in [4.78, 5) is 60.8. The second kappa shape index (κ2) is 13.9. The van der Waals surface area contributed by atoms with Gasteiger partial charge in [0.25, 0.3) is 11.8 Å². The average molecular weight is 659 g/mol. The van der Waals surface area contributed by atoms with Crippen molar-refractivity contribution in [3.8, 4) is 5.75 Å². The van der Waals surface area contributed by atoms with Gasteiger partial charge in [-0.05, 0) is 91.8 Å². The van der Waals surface area contributed by atoms with E-state index in [1.807, 2.05) is 24.3 Å². The number of hydrogen-bond acceptors (Lipinski definition) is 8. The zero-order valence-corrected chi connectivity index (χ0v) is 28.8. The van der Waals surface area contributed by atoms with Gasteiger partial charge in [0, 0.05) is 56.9 Å². The predicted octanol–water partition coefficient (Wildman–Crippen LogP) is 3.81. The molecule has 1 unspecified atom stereocenters. The van der Waals surface area contributed by atoms with Gasteiger partial charge in [0.15, 0.2) is 0 Å². The quantitative estimate of drug-likeness (QED) is 0.276. The van der Waals surface area contributed by atoms with Gasteiger partial charge in [0.1, 0.15) is 17.6 Å². The molecule has 1 saturated carbocycles. The second-order valence-electron chi connectivity index (χ2n) is 15.2. The van der Waals surface area contributed by atoms with Crippen LogP contribution in [0.1, 0.15) is 92.5 Å². The molecule has 0 radical (unpaired) electrons. The number of hydrogen-bond donors (Lipinski definition) is 2. The molecule has 1 aliphatic carbocycles. The summed E-state index contributed by atoms with van der Waals surface area (Å²) in [5.41, 5.74) is 2.37. The molecule has 2 aromatic rings. The number of imide groups is 1. The van der Waals surface area contributed by atoms with Crippen molar-refractivity contribution in [3.63, 3.8) is 0 Å². The summed E-state index contributed by atoms with van der Waals surface area (Å²) in [6.45, 7) is 14.8. The van der Waals surface area contributed by atoms with Gasteiger partial charge in [-0.2, -0.15) is 0 Å². The molecule has 4 aliphatic rings. The highest BCUT2D eigenvalue weighted by Crippen LogP contribution is 2.53. The number of rotatable bonds is 11. The molecule has 1 aromatic carbocycles. The van der Waals surface area contributed by atoms with Gasteiger partial charge in [0.05, 0.1) is 12.2 Å². The number of anilines is 1. The van der Waals surface area contributed by atoms with Crippen molar-refractivity contribution in [2.45, 2.75) is 84.7 Å². The van der Waals surface area contributed by atoms with Gasteiger partial charge in [-0.15, -0.1) is 0 Å². The van der Waals surface area contributed by atoms with E-state index in [0.29, 0.717) is 37.1 Å². The molecule has 1 atom stereocenters. The van der Waals surface area contributed by atoms with Crippen LogP contribution in [0, 0.1) is 10.8 Å². The summed E-state index contributed by atoms with van der Waals surface area (Å²) in [5.74, 6) is 0.813. The lowest BCUT2D eigenvalue weighted by Gasteiger charge is -2.57. The van der Waals surface area contributed by atoms with Crippen molar-refractivity contribution in [3.05, 3.63) is 53.2 Å². The fourth-order valence-electron chi connectivity index (χ4n) is 8.47. The van der Waals surface area contributed by atoms with E-state index in [1.54, 1.807) is 17.2 Å². The number of carbonyl (C=O) groups is 4. The molecule has 258 valence electrons. The fraction of sp³-hybridized carbons (Fsp3) is 0.595. The third kappa shape index (κ3) is 7.36. The smallest absolute Gasteiger partial charge is 0.254 e. The summed E-state index contributed by atoms with van der Waals surface area (Å²) in [6, 6.07) is 9.01. The van der Waals surface area contributed by atoms with Crippen LogP contribution in [0.2, 0.25) is 0 Å². The first-order valence-corrected chi connectivity index (χ1v) is 17.6. The molecule has 11 nitrogen and oxygen atoms in total. The Balaban J connectivity index is 0.868. The standard InChI is InChI=1S/C37H50N6O5/c1-36(2)24-37(3,4)35(36)40-32(45)26-8-12-30(38-23-26)42-19-17-41(18-20-42)15-6-5-7-21-48-27-9-10-28-25(22-27)14-16-43(34(28)47)29-11-13-31(44)39-33(29)46/h8-10,12,22-23,29,35H,5-7,11,13-21,24H2,1-4H3,(H,40,45)(H,39,44,46). The van der Waals surface area contributed by atoms with Crippen LogP contribution in [0.4, 0.5) is 5.82 Å². The van der Waals surface area contributed by atoms with E-state index < -0.39 is 6.04 Å². The van der Waals surface area contributed by atoms with E-state index in [9.17, 15) is 19.2 Å². The first kappa shape index (κ1) is 33.9. The van der Waals surface area contributed by atoms with Crippen LogP contribution >= 0.6 is 0 Å². The number of ether oxygens (including phenoxy) is 1. The van der Waals surface area contributed by atoms with E-state index in [-0.39, 0.29) is 46.9 Å². The van der Waals surface area contributed by atoms with Crippen LogP contribution in [0.15, 0.2) is 36.5 Å². The summed E-state index contributed by atoms with van der Waals surface area (Å²) in [7, 11) is 0. The maximum Gasteiger partial charge on any atom is 0.254 e. The molecule has 3 fully saturated rings. The maximum absolute atomic E-state index is 13.1. The van der Waals surface area contributed by atoms with Crippen molar-refractivity contribution in [2.75, 3.05) is 50.8 Å². The highest BCUT2D eigenvalue weighted by molar-refractivity contribution is 6.04. The number of carbonyl (C=O) groups excluding carboxylic acids is 4. The Labute approximate surface area is 283 Å². The Bertz CT molecular complexity index is 1520.